The monoisotopic (exact) mass is 380 g/mol. The highest BCUT2D eigenvalue weighted by Gasteiger charge is 2.15. The zero-order valence-electron chi connectivity index (χ0n) is 15.3. The van der Waals surface area contributed by atoms with Crippen LogP contribution >= 0.6 is 11.3 Å². The van der Waals surface area contributed by atoms with E-state index in [0.29, 0.717) is 12.1 Å². The second-order valence-corrected chi connectivity index (χ2v) is 7.71. The smallest absolute Gasteiger partial charge is 0.291 e. The lowest BCUT2D eigenvalue weighted by atomic mass is 10.2. The first-order valence-electron chi connectivity index (χ1n) is 8.84. The van der Waals surface area contributed by atoms with Crippen LogP contribution in [0, 0.1) is 0 Å². The van der Waals surface area contributed by atoms with Gasteiger partial charge in [-0.3, -0.25) is 14.0 Å². The fraction of sp³-hybridized carbons (Fsp3) is 0.250. The first-order valence-corrected chi connectivity index (χ1v) is 9.66. The largest absolute Gasteiger partial charge is 0.340 e. The van der Waals surface area contributed by atoms with E-state index in [1.165, 1.54) is 9.56 Å². The summed E-state index contributed by atoms with van der Waals surface area (Å²) in [6.07, 6.45) is 2.59. The maximum atomic E-state index is 12.8. The van der Waals surface area contributed by atoms with Crippen molar-refractivity contribution in [2.45, 2.75) is 26.4 Å². The van der Waals surface area contributed by atoms with Crippen molar-refractivity contribution in [2.24, 2.45) is 0 Å². The van der Waals surface area contributed by atoms with Crippen LogP contribution in [0.3, 0.4) is 0 Å². The number of carbonyl (C=O) groups is 1. The topological polar surface area (TPSA) is 59.6 Å². The molecule has 1 amide bonds. The molecule has 7 heteroatoms. The highest BCUT2D eigenvalue weighted by molar-refractivity contribution is 7.19. The van der Waals surface area contributed by atoms with Gasteiger partial charge in [-0.2, -0.15) is 5.10 Å². The summed E-state index contributed by atoms with van der Waals surface area (Å²) in [6.45, 7) is 2.54. The molecular formula is C20H20N4O2S. The second kappa shape index (κ2) is 7.00. The van der Waals surface area contributed by atoms with Crippen LogP contribution in [0.1, 0.15) is 17.4 Å². The molecule has 0 radical (unpaired) electrons. The summed E-state index contributed by atoms with van der Waals surface area (Å²) in [5.41, 5.74) is 2.34. The average Bonchev–Trinajstić information content (AvgIpc) is 3.23. The number of aromatic nitrogens is 3. The van der Waals surface area contributed by atoms with Gasteiger partial charge < -0.3 is 4.90 Å². The van der Waals surface area contributed by atoms with Crippen molar-refractivity contribution in [3.05, 3.63) is 69.6 Å². The number of carbonyl (C=O) groups excluding carboxylic acids is 1. The third-order valence-electron chi connectivity index (χ3n) is 4.66. The Morgan fingerprint density at radius 2 is 1.96 bits per heavy atom. The number of benzene rings is 1. The van der Waals surface area contributed by atoms with Crippen LogP contribution in [0.25, 0.3) is 15.7 Å². The number of thiophene rings is 1. The van der Waals surface area contributed by atoms with Crippen molar-refractivity contribution in [1.29, 1.82) is 0 Å². The minimum atomic E-state index is -0.250. The quantitative estimate of drug-likeness (QED) is 0.535. The Morgan fingerprint density at radius 3 is 2.70 bits per heavy atom. The number of rotatable bonds is 5. The van der Waals surface area contributed by atoms with Crippen LogP contribution in [-0.4, -0.2) is 32.0 Å². The number of hydrogen-bond acceptors (Lipinski definition) is 4. The van der Waals surface area contributed by atoms with Crippen LogP contribution in [0.2, 0.25) is 0 Å². The zero-order valence-corrected chi connectivity index (χ0v) is 16.1. The molecule has 3 heterocycles. The summed E-state index contributed by atoms with van der Waals surface area (Å²) in [5.74, 6) is -0.153. The molecule has 1 aromatic carbocycles. The summed E-state index contributed by atoms with van der Waals surface area (Å²) in [7, 11) is 1.73. The third-order valence-corrected chi connectivity index (χ3v) is 5.88. The molecule has 0 aliphatic rings. The van der Waals surface area contributed by atoms with Gasteiger partial charge in [-0.05, 0) is 24.1 Å². The van der Waals surface area contributed by atoms with Gasteiger partial charge in [-0.25, -0.2) is 4.68 Å². The molecule has 0 saturated carbocycles. The number of amides is 1. The number of likely N-dealkylation sites (N-methyl/N-ethyl adjacent to an activating group) is 1. The molecule has 4 rings (SSSR count). The van der Waals surface area contributed by atoms with Crippen molar-refractivity contribution in [3.63, 3.8) is 0 Å². The van der Waals surface area contributed by atoms with Crippen LogP contribution in [0.4, 0.5) is 0 Å². The van der Waals surface area contributed by atoms with E-state index in [4.69, 9.17) is 0 Å². The summed E-state index contributed by atoms with van der Waals surface area (Å²) < 4.78 is 4.11. The van der Waals surface area contributed by atoms with Crippen molar-refractivity contribution in [1.82, 2.24) is 19.1 Å². The molecule has 27 heavy (non-hydrogen) atoms. The SMILES string of the molecule is CCc1cc2c(cc3c(=O)n(CC(=O)N(C)Cc4ccccc4)ncn32)s1. The van der Waals surface area contributed by atoms with Gasteiger partial charge in [0.2, 0.25) is 5.91 Å². The van der Waals surface area contributed by atoms with Gasteiger partial charge in [0.1, 0.15) is 18.4 Å². The zero-order chi connectivity index (χ0) is 19.0. The molecule has 6 nitrogen and oxygen atoms in total. The summed E-state index contributed by atoms with van der Waals surface area (Å²) >= 11 is 1.69. The molecule has 0 spiro atoms. The molecule has 3 aromatic heterocycles. The maximum Gasteiger partial charge on any atom is 0.291 e. The summed E-state index contributed by atoms with van der Waals surface area (Å²) in [4.78, 5) is 28.2. The van der Waals surface area contributed by atoms with E-state index in [2.05, 4.69) is 18.1 Å². The standard InChI is InChI=1S/C20H20N4O2S/c1-3-15-9-16-18(27-15)10-17-20(26)24(21-13-23(16)17)12-19(25)22(2)11-14-7-5-4-6-8-14/h4-10,13H,3,11-12H2,1-2H3. The highest BCUT2D eigenvalue weighted by atomic mass is 32.1. The van der Waals surface area contributed by atoms with Crippen LogP contribution in [-0.2, 0) is 24.3 Å². The van der Waals surface area contributed by atoms with E-state index in [0.717, 1.165) is 22.2 Å². The van der Waals surface area contributed by atoms with E-state index in [-0.39, 0.29) is 18.0 Å². The second-order valence-electron chi connectivity index (χ2n) is 6.54. The maximum absolute atomic E-state index is 12.8. The minimum Gasteiger partial charge on any atom is -0.340 e. The van der Waals surface area contributed by atoms with E-state index in [1.807, 2.05) is 40.8 Å². The molecular weight excluding hydrogens is 360 g/mol. The molecule has 0 saturated heterocycles. The fourth-order valence-corrected chi connectivity index (χ4v) is 4.16. The van der Waals surface area contributed by atoms with Crippen molar-refractivity contribution < 1.29 is 4.79 Å². The summed E-state index contributed by atoms with van der Waals surface area (Å²) in [6, 6.07) is 13.7. The van der Waals surface area contributed by atoms with Crippen LogP contribution in [0.15, 0.2) is 53.6 Å². The minimum absolute atomic E-state index is 0.0717. The van der Waals surface area contributed by atoms with Crippen molar-refractivity contribution >= 4 is 33.0 Å². The Balaban J connectivity index is 1.59. The Labute approximate surface area is 160 Å². The first-order chi connectivity index (χ1) is 13.1. The first kappa shape index (κ1) is 17.5. The van der Waals surface area contributed by atoms with E-state index in [9.17, 15) is 9.59 Å². The summed E-state index contributed by atoms with van der Waals surface area (Å²) in [5, 5.41) is 4.22. The predicted octanol–water partition coefficient (Wildman–Crippen LogP) is 2.93. The molecule has 0 unspecified atom stereocenters. The Hall–Kier alpha value is -2.93. The van der Waals surface area contributed by atoms with E-state index < -0.39 is 0 Å². The highest BCUT2D eigenvalue weighted by Crippen LogP contribution is 2.28. The Kier molecular flexibility index (Phi) is 4.53. The molecule has 0 aliphatic heterocycles. The molecule has 138 valence electrons. The van der Waals surface area contributed by atoms with Gasteiger partial charge >= 0.3 is 0 Å². The average molecular weight is 380 g/mol. The molecule has 0 bridgehead atoms. The lowest BCUT2D eigenvalue weighted by Gasteiger charge is -2.17. The van der Waals surface area contributed by atoms with Gasteiger partial charge in [0.25, 0.3) is 5.56 Å². The van der Waals surface area contributed by atoms with Gasteiger partial charge in [0, 0.05) is 18.5 Å². The van der Waals surface area contributed by atoms with Crippen molar-refractivity contribution in [3.8, 4) is 0 Å². The van der Waals surface area contributed by atoms with E-state index >= 15 is 0 Å². The molecule has 0 fully saturated rings. The van der Waals surface area contributed by atoms with Gasteiger partial charge in [-0.15, -0.1) is 11.3 Å². The van der Waals surface area contributed by atoms with Crippen LogP contribution < -0.4 is 5.56 Å². The number of nitrogens with zero attached hydrogens (tertiary/aromatic N) is 4. The lowest BCUT2D eigenvalue weighted by Crippen LogP contribution is -2.35. The Morgan fingerprint density at radius 1 is 1.19 bits per heavy atom. The molecule has 0 aliphatic carbocycles. The van der Waals surface area contributed by atoms with Crippen LogP contribution in [0.5, 0.6) is 0 Å². The number of fused-ring (bicyclic) bond motifs is 3. The molecule has 4 aromatic rings. The van der Waals surface area contributed by atoms with E-state index in [1.54, 1.807) is 29.6 Å². The third kappa shape index (κ3) is 3.26. The number of hydrogen-bond donors (Lipinski definition) is 0. The molecule has 0 N–H and O–H groups in total. The number of aryl methyl sites for hydroxylation is 1. The Bertz CT molecular complexity index is 1170. The van der Waals surface area contributed by atoms with Gasteiger partial charge in [-0.1, -0.05) is 37.3 Å². The van der Waals surface area contributed by atoms with Crippen molar-refractivity contribution in [2.75, 3.05) is 7.05 Å². The van der Waals surface area contributed by atoms with Gasteiger partial charge in [0.15, 0.2) is 0 Å². The van der Waals surface area contributed by atoms with Gasteiger partial charge in [0.05, 0.1) is 10.2 Å². The predicted molar refractivity (Wildman–Crippen MR) is 107 cm³/mol. The normalized spacial score (nSPS) is 11.3. The lowest BCUT2D eigenvalue weighted by molar-refractivity contribution is -0.131. The fourth-order valence-electron chi connectivity index (χ4n) is 3.13. The molecule has 0 atom stereocenters.